The molecule has 2 fully saturated rings. The minimum Gasteiger partial charge on any atom is -0.352 e. The molecule has 0 radical (unpaired) electrons. The second-order valence-corrected chi connectivity index (χ2v) is 6.55. The predicted molar refractivity (Wildman–Crippen MR) is 103 cm³/mol. The van der Waals surface area contributed by atoms with Crippen LogP contribution in [0.25, 0.3) is 0 Å². The highest BCUT2D eigenvalue weighted by molar-refractivity contribution is 5.85. The van der Waals surface area contributed by atoms with E-state index in [0.717, 1.165) is 32.5 Å². The van der Waals surface area contributed by atoms with E-state index in [1.165, 1.54) is 37.1 Å². The third-order valence-corrected chi connectivity index (χ3v) is 4.77. The van der Waals surface area contributed by atoms with Gasteiger partial charge < -0.3 is 10.6 Å². The second kappa shape index (κ2) is 10.9. The lowest BCUT2D eigenvalue weighted by Crippen LogP contribution is -2.37. The zero-order valence-electron chi connectivity index (χ0n) is 14.1. The molecule has 6 heteroatoms. The summed E-state index contributed by atoms with van der Waals surface area (Å²) in [7, 11) is 0. The number of carbonyl (C=O) groups is 1. The van der Waals surface area contributed by atoms with Crippen LogP contribution in [0.4, 0.5) is 0 Å². The van der Waals surface area contributed by atoms with Gasteiger partial charge in [0.1, 0.15) is 0 Å². The van der Waals surface area contributed by atoms with Gasteiger partial charge in [-0.25, -0.2) is 0 Å². The van der Waals surface area contributed by atoms with Crippen LogP contribution in [0, 0.1) is 5.92 Å². The number of benzene rings is 1. The predicted octanol–water partition coefficient (Wildman–Crippen LogP) is 2.74. The molecular formula is C18H29Cl2N3O. The fraction of sp³-hybridized carbons (Fsp3) is 0.611. The minimum atomic E-state index is 0. The summed E-state index contributed by atoms with van der Waals surface area (Å²) in [5.74, 6) is 0.403. The molecule has 0 aromatic heterocycles. The van der Waals surface area contributed by atoms with Crippen molar-refractivity contribution < 1.29 is 4.79 Å². The number of hydrogen-bond donors (Lipinski definition) is 2. The molecule has 0 spiro atoms. The molecule has 1 aromatic carbocycles. The molecule has 4 nitrogen and oxygen atoms in total. The lowest BCUT2D eigenvalue weighted by atomic mass is 9.97. The number of amides is 1. The highest BCUT2D eigenvalue weighted by Gasteiger charge is 2.20. The van der Waals surface area contributed by atoms with Crippen molar-refractivity contribution in [2.45, 2.75) is 38.8 Å². The zero-order valence-corrected chi connectivity index (χ0v) is 15.8. The third kappa shape index (κ3) is 6.25. The second-order valence-electron chi connectivity index (χ2n) is 6.55. The summed E-state index contributed by atoms with van der Waals surface area (Å²) < 4.78 is 0. The van der Waals surface area contributed by atoms with E-state index in [4.69, 9.17) is 0 Å². The Hall–Kier alpha value is -0.810. The molecule has 0 saturated carbocycles. The monoisotopic (exact) mass is 373 g/mol. The minimum absolute atomic E-state index is 0. The average molecular weight is 374 g/mol. The maximum atomic E-state index is 12.2. The summed E-state index contributed by atoms with van der Waals surface area (Å²) in [5, 5.41) is 6.41. The number of hydrogen-bond acceptors (Lipinski definition) is 3. The Labute approximate surface area is 157 Å². The fourth-order valence-electron chi connectivity index (χ4n) is 3.45. The molecule has 0 aliphatic carbocycles. The maximum Gasteiger partial charge on any atom is 0.223 e. The number of nitrogens with zero attached hydrogens (tertiary/aromatic N) is 1. The van der Waals surface area contributed by atoms with Gasteiger partial charge in [-0.2, -0.15) is 0 Å². The Kier molecular flexibility index (Phi) is 9.67. The number of rotatable bonds is 5. The summed E-state index contributed by atoms with van der Waals surface area (Å²) in [6, 6.07) is 8.64. The van der Waals surface area contributed by atoms with Gasteiger partial charge in [-0.1, -0.05) is 24.3 Å². The van der Waals surface area contributed by atoms with Crippen molar-refractivity contribution in [1.82, 2.24) is 15.5 Å². The normalized spacial score (nSPS) is 18.5. The Morgan fingerprint density at radius 3 is 2.50 bits per heavy atom. The molecule has 136 valence electrons. The quantitative estimate of drug-likeness (QED) is 0.833. The third-order valence-electron chi connectivity index (χ3n) is 4.77. The van der Waals surface area contributed by atoms with Crippen molar-refractivity contribution in [2.24, 2.45) is 5.92 Å². The first-order chi connectivity index (χ1) is 10.8. The van der Waals surface area contributed by atoms with Crippen LogP contribution >= 0.6 is 24.8 Å². The highest BCUT2D eigenvalue weighted by Crippen LogP contribution is 2.15. The molecule has 24 heavy (non-hydrogen) atoms. The number of nitrogens with one attached hydrogen (secondary N) is 2. The summed E-state index contributed by atoms with van der Waals surface area (Å²) in [6.45, 7) is 6.05. The van der Waals surface area contributed by atoms with E-state index in [2.05, 4.69) is 39.8 Å². The zero-order chi connectivity index (χ0) is 15.2. The molecule has 2 aliphatic heterocycles. The maximum absolute atomic E-state index is 12.2. The molecule has 0 bridgehead atoms. The van der Waals surface area contributed by atoms with Crippen LogP contribution in [-0.4, -0.2) is 37.0 Å². The smallest absolute Gasteiger partial charge is 0.223 e. The number of piperidine rings is 1. The van der Waals surface area contributed by atoms with Crippen molar-refractivity contribution in [2.75, 3.05) is 26.2 Å². The number of carbonyl (C=O) groups excluding carboxylic acids is 1. The number of likely N-dealkylation sites (tertiary alicyclic amines) is 1. The van der Waals surface area contributed by atoms with Gasteiger partial charge >= 0.3 is 0 Å². The Morgan fingerprint density at radius 2 is 1.79 bits per heavy atom. The van der Waals surface area contributed by atoms with E-state index in [-0.39, 0.29) is 36.6 Å². The molecular weight excluding hydrogens is 345 g/mol. The van der Waals surface area contributed by atoms with Gasteiger partial charge in [0.25, 0.3) is 0 Å². The molecule has 0 unspecified atom stereocenters. The van der Waals surface area contributed by atoms with Crippen molar-refractivity contribution >= 4 is 30.7 Å². The lowest BCUT2D eigenvalue weighted by Gasteiger charge is -2.22. The molecule has 1 aromatic rings. The van der Waals surface area contributed by atoms with E-state index in [0.29, 0.717) is 6.54 Å². The van der Waals surface area contributed by atoms with Crippen LogP contribution < -0.4 is 10.6 Å². The van der Waals surface area contributed by atoms with E-state index < -0.39 is 0 Å². The lowest BCUT2D eigenvalue weighted by molar-refractivity contribution is -0.125. The standard InChI is InChI=1S/C18H27N3O.2ClH/c22-18(17-6-8-19-9-7-17)20-13-15-4-3-5-16(12-15)14-21-10-1-2-11-21;;/h3-5,12,17,19H,1-2,6-11,13-14H2,(H,20,22);2*1H. The van der Waals surface area contributed by atoms with E-state index in [9.17, 15) is 4.79 Å². The van der Waals surface area contributed by atoms with Gasteiger partial charge in [0.15, 0.2) is 0 Å². The molecule has 2 saturated heterocycles. The van der Waals surface area contributed by atoms with Crippen LogP contribution in [0.5, 0.6) is 0 Å². The van der Waals surface area contributed by atoms with E-state index in [1.54, 1.807) is 0 Å². The van der Waals surface area contributed by atoms with E-state index >= 15 is 0 Å². The van der Waals surface area contributed by atoms with Crippen molar-refractivity contribution in [3.05, 3.63) is 35.4 Å². The first kappa shape index (κ1) is 21.2. The molecule has 2 heterocycles. The van der Waals surface area contributed by atoms with Crippen molar-refractivity contribution in [3.8, 4) is 0 Å². The molecule has 2 N–H and O–H groups in total. The first-order valence-corrected chi connectivity index (χ1v) is 8.60. The highest BCUT2D eigenvalue weighted by atomic mass is 35.5. The van der Waals surface area contributed by atoms with Crippen LogP contribution in [0.1, 0.15) is 36.8 Å². The van der Waals surface area contributed by atoms with Gasteiger partial charge in [-0.3, -0.25) is 9.69 Å². The fourth-order valence-corrected chi connectivity index (χ4v) is 3.45. The van der Waals surface area contributed by atoms with Crippen molar-refractivity contribution in [1.29, 1.82) is 0 Å². The summed E-state index contributed by atoms with van der Waals surface area (Å²) in [5.41, 5.74) is 2.56. The molecule has 0 atom stereocenters. The van der Waals surface area contributed by atoms with Crippen LogP contribution in [0.3, 0.4) is 0 Å². The summed E-state index contributed by atoms with van der Waals surface area (Å²) in [6.07, 6.45) is 4.57. The van der Waals surface area contributed by atoms with Crippen LogP contribution in [0.2, 0.25) is 0 Å². The van der Waals surface area contributed by atoms with E-state index in [1.807, 2.05) is 0 Å². The Balaban J connectivity index is 0.00000144. The van der Waals surface area contributed by atoms with Gasteiger partial charge in [0, 0.05) is 19.0 Å². The average Bonchev–Trinajstić information content (AvgIpc) is 3.07. The number of halogens is 2. The summed E-state index contributed by atoms with van der Waals surface area (Å²) in [4.78, 5) is 14.7. The molecule has 2 aliphatic rings. The SMILES string of the molecule is Cl.Cl.O=C(NCc1cccc(CN2CCCC2)c1)C1CCNCC1. The molecule has 3 rings (SSSR count). The van der Waals surface area contributed by atoms with Gasteiger partial charge in [-0.15, -0.1) is 24.8 Å². The van der Waals surface area contributed by atoms with Crippen LogP contribution in [-0.2, 0) is 17.9 Å². The van der Waals surface area contributed by atoms with Gasteiger partial charge in [0.05, 0.1) is 0 Å². The Morgan fingerprint density at radius 1 is 1.12 bits per heavy atom. The molecule has 1 amide bonds. The largest absolute Gasteiger partial charge is 0.352 e. The Bertz CT molecular complexity index is 501. The van der Waals surface area contributed by atoms with Crippen molar-refractivity contribution in [3.63, 3.8) is 0 Å². The first-order valence-electron chi connectivity index (χ1n) is 8.60. The topological polar surface area (TPSA) is 44.4 Å². The van der Waals surface area contributed by atoms with Gasteiger partial charge in [-0.05, 0) is 63.0 Å². The van der Waals surface area contributed by atoms with Crippen LogP contribution in [0.15, 0.2) is 24.3 Å². The summed E-state index contributed by atoms with van der Waals surface area (Å²) >= 11 is 0. The van der Waals surface area contributed by atoms with Gasteiger partial charge in [0.2, 0.25) is 5.91 Å².